The molecule has 0 saturated carbocycles. The van der Waals surface area contributed by atoms with Gasteiger partial charge in [-0.05, 0) is 30.7 Å². The van der Waals surface area contributed by atoms with Crippen molar-refractivity contribution in [2.45, 2.75) is 52.1 Å². The van der Waals surface area contributed by atoms with Gasteiger partial charge in [0.1, 0.15) is 12.1 Å². The first-order valence-electron chi connectivity index (χ1n) is 8.22. The summed E-state index contributed by atoms with van der Waals surface area (Å²) in [6.45, 7) is 5.01. The maximum absolute atomic E-state index is 12.3. The molecule has 0 aromatic heterocycles. The van der Waals surface area contributed by atoms with E-state index in [0.29, 0.717) is 6.42 Å². The van der Waals surface area contributed by atoms with E-state index in [2.05, 4.69) is 10.6 Å². The van der Waals surface area contributed by atoms with Crippen molar-refractivity contribution in [1.29, 1.82) is 0 Å². The largest absolute Gasteiger partial charge is 0.368 e. The lowest BCUT2D eigenvalue weighted by molar-refractivity contribution is -0.131. The van der Waals surface area contributed by atoms with E-state index >= 15 is 0 Å². The number of aryl methyl sites for hydroxylation is 1. The van der Waals surface area contributed by atoms with Gasteiger partial charge in [-0.1, -0.05) is 44.2 Å². The molecule has 6 nitrogen and oxygen atoms in total. The Hall–Kier alpha value is -2.37. The molecule has 0 fully saturated rings. The first-order valence-corrected chi connectivity index (χ1v) is 8.22. The van der Waals surface area contributed by atoms with Crippen LogP contribution in [0.25, 0.3) is 0 Å². The van der Waals surface area contributed by atoms with Crippen LogP contribution in [0, 0.1) is 5.92 Å². The summed E-state index contributed by atoms with van der Waals surface area (Å²) in [5.74, 6) is -1.33. The van der Waals surface area contributed by atoms with Crippen LogP contribution < -0.4 is 16.4 Å². The Labute approximate surface area is 143 Å². The zero-order valence-corrected chi connectivity index (χ0v) is 14.5. The molecule has 1 aromatic carbocycles. The molecule has 2 atom stereocenters. The molecule has 0 aliphatic rings. The molecule has 6 heteroatoms. The van der Waals surface area contributed by atoms with Gasteiger partial charge in [0.2, 0.25) is 17.7 Å². The lowest BCUT2D eigenvalue weighted by atomic mass is 10.0. The van der Waals surface area contributed by atoms with Crippen molar-refractivity contribution in [2.24, 2.45) is 11.7 Å². The monoisotopic (exact) mass is 333 g/mol. The number of carbonyl (C=O) groups excluding carboxylic acids is 3. The van der Waals surface area contributed by atoms with Gasteiger partial charge in [-0.15, -0.1) is 0 Å². The van der Waals surface area contributed by atoms with Crippen molar-refractivity contribution in [1.82, 2.24) is 10.6 Å². The highest BCUT2D eigenvalue weighted by molar-refractivity contribution is 5.91. The van der Waals surface area contributed by atoms with Crippen molar-refractivity contribution < 1.29 is 14.4 Å². The third-order valence-corrected chi connectivity index (χ3v) is 3.77. The van der Waals surface area contributed by atoms with Crippen molar-refractivity contribution in [2.75, 3.05) is 0 Å². The van der Waals surface area contributed by atoms with E-state index < -0.39 is 18.0 Å². The predicted octanol–water partition coefficient (Wildman–Crippen LogP) is 1.14. The van der Waals surface area contributed by atoms with Gasteiger partial charge in [0.05, 0.1) is 0 Å². The Morgan fingerprint density at radius 1 is 1.08 bits per heavy atom. The summed E-state index contributed by atoms with van der Waals surface area (Å²) in [7, 11) is 0. The summed E-state index contributed by atoms with van der Waals surface area (Å²) in [5.41, 5.74) is 6.57. The van der Waals surface area contributed by atoms with Gasteiger partial charge in [0.15, 0.2) is 0 Å². The highest BCUT2D eigenvalue weighted by Crippen LogP contribution is 2.08. The zero-order chi connectivity index (χ0) is 18.1. The van der Waals surface area contributed by atoms with E-state index in [1.807, 2.05) is 44.2 Å². The van der Waals surface area contributed by atoms with Crippen molar-refractivity contribution in [3.63, 3.8) is 0 Å². The van der Waals surface area contributed by atoms with Crippen molar-refractivity contribution >= 4 is 17.7 Å². The molecule has 1 aromatic rings. The molecule has 3 amide bonds. The number of primary amides is 1. The summed E-state index contributed by atoms with van der Waals surface area (Å²) in [6.07, 6.45) is 1.99. The topological polar surface area (TPSA) is 101 Å². The molecule has 0 heterocycles. The quantitative estimate of drug-likeness (QED) is 0.631. The Kier molecular flexibility index (Phi) is 7.95. The highest BCUT2D eigenvalue weighted by Gasteiger charge is 2.26. The molecule has 0 aliphatic carbocycles. The van der Waals surface area contributed by atoms with Crippen LogP contribution in [0.1, 0.15) is 39.2 Å². The third kappa shape index (κ3) is 6.81. The fourth-order valence-electron chi connectivity index (χ4n) is 2.46. The summed E-state index contributed by atoms with van der Waals surface area (Å²) in [6, 6.07) is 8.48. The standard InChI is InChI=1S/C18H27N3O3/c1-12(2)16(20-13(3)22)18(24)21-15(17(19)23)11-7-10-14-8-5-4-6-9-14/h4-6,8-9,12,15-16H,7,10-11H2,1-3H3,(H2,19,23)(H,20,22)(H,21,24)/t15-,16+/m0/s1. The van der Waals surface area contributed by atoms with E-state index in [-0.39, 0.29) is 17.7 Å². The molecule has 0 radical (unpaired) electrons. The number of carbonyl (C=O) groups is 3. The number of hydrogen-bond donors (Lipinski definition) is 3. The van der Waals surface area contributed by atoms with E-state index in [1.165, 1.54) is 12.5 Å². The van der Waals surface area contributed by atoms with Crippen LogP contribution in [0.4, 0.5) is 0 Å². The predicted molar refractivity (Wildman–Crippen MR) is 92.9 cm³/mol. The molecule has 0 spiro atoms. The minimum Gasteiger partial charge on any atom is -0.368 e. The molecular weight excluding hydrogens is 306 g/mol. The molecule has 0 bridgehead atoms. The second-order valence-corrected chi connectivity index (χ2v) is 6.26. The normalized spacial score (nSPS) is 13.2. The summed E-state index contributed by atoms with van der Waals surface area (Å²) >= 11 is 0. The number of benzene rings is 1. The van der Waals surface area contributed by atoms with Gasteiger partial charge in [0, 0.05) is 6.92 Å². The summed E-state index contributed by atoms with van der Waals surface area (Å²) in [5, 5.41) is 5.26. The maximum atomic E-state index is 12.3. The number of amides is 3. The Morgan fingerprint density at radius 2 is 1.71 bits per heavy atom. The second-order valence-electron chi connectivity index (χ2n) is 6.26. The second kappa shape index (κ2) is 9.70. The van der Waals surface area contributed by atoms with Crippen LogP contribution in [-0.2, 0) is 20.8 Å². The van der Waals surface area contributed by atoms with Crippen LogP contribution in [0.5, 0.6) is 0 Å². The number of hydrogen-bond acceptors (Lipinski definition) is 3. The fraction of sp³-hybridized carbons (Fsp3) is 0.500. The summed E-state index contributed by atoms with van der Waals surface area (Å²) < 4.78 is 0. The molecule has 0 aliphatic heterocycles. The number of nitrogens with one attached hydrogen (secondary N) is 2. The van der Waals surface area contributed by atoms with E-state index in [0.717, 1.165) is 12.8 Å². The molecule has 132 valence electrons. The smallest absolute Gasteiger partial charge is 0.243 e. The third-order valence-electron chi connectivity index (χ3n) is 3.77. The average Bonchev–Trinajstić information content (AvgIpc) is 2.51. The molecule has 4 N–H and O–H groups in total. The van der Waals surface area contributed by atoms with E-state index in [9.17, 15) is 14.4 Å². The maximum Gasteiger partial charge on any atom is 0.243 e. The summed E-state index contributed by atoms with van der Waals surface area (Å²) in [4.78, 5) is 35.2. The van der Waals surface area contributed by atoms with Crippen LogP contribution >= 0.6 is 0 Å². The van der Waals surface area contributed by atoms with Crippen LogP contribution in [0.15, 0.2) is 30.3 Å². The Bertz CT molecular complexity index is 558. The lowest BCUT2D eigenvalue weighted by Gasteiger charge is -2.24. The molecule has 0 unspecified atom stereocenters. The van der Waals surface area contributed by atoms with Crippen LogP contribution in [0.3, 0.4) is 0 Å². The van der Waals surface area contributed by atoms with Gasteiger partial charge in [-0.2, -0.15) is 0 Å². The van der Waals surface area contributed by atoms with Gasteiger partial charge in [-0.3, -0.25) is 14.4 Å². The minimum atomic E-state index is -0.740. The fourth-order valence-corrected chi connectivity index (χ4v) is 2.46. The van der Waals surface area contributed by atoms with Gasteiger partial charge < -0.3 is 16.4 Å². The Morgan fingerprint density at radius 3 is 2.21 bits per heavy atom. The first kappa shape index (κ1) is 19.7. The molecule has 1 rings (SSSR count). The van der Waals surface area contributed by atoms with Crippen molar-refractivity contribution in [3.05, 3.63) is 35.9 Å². The van der Waals surface area contributed by atoms with Crippen LogP contribution in [0.2, 0.25) is 0 Å². The van der Waals surface area contributed by atoms with Crippen molar-refractivity contribution in [3.8, 4) is 0 Å². The van der Waals surface area contributed by atoms with Gasteiger partial charge in [-0.25, -0.2) is 0 Å². The molecular formula is C18H27N3O3. The number of nitrogens with two attached hydrogens (primary N) is 1. The lowest BCUT2D eigenvalue weighted by Crippen LogP contribution is -2.54. The SMILES string of the molecule is CC(=O)N[C@@H](C(=O)N[C@@H](CCCc1ccccc1)C(N)=O)C(C)C. The van der Waals surface area contributed by atoms with Gasteiger partial charge >= 0.3 is 0 Å². The zero-order valence-electron chi connectivity index (χ0n) is 14.5. The first-order chi connectivity index (χ1) is 11.3. The molecule has 0 saturated heterocycles. The van der Waals surface area contributed by atoms with E-state index in [4.69, 9.17) is 5.73 Å². The number of rotatable bonds is 9. The van der Waals surface area contributed by atoms with E-state index in [1.54, 1.807) is 0 Å². The van der Waals surface area contributed by atoms with Gasteiger partial charge in [0.25, 0.3) is 0 Å². The average molecular weight is 333 g/mol. The Balaban J connectivity index is 2.59. The highest BCUT2D eigenvalue weighted by atomic mass is 16.2. The van der Waals surface area contributed by atoms with Crippen LogP contribution in [-0.4, -0.2) is 29.8 Å². The minimum absolute atomic E-state index is 0.0910. The molecule has 24 heavy (non-hydrogen) atoms.